The van der Waals surface area contributed by atoms with E-state index >= 15 is 0 Å². The molecule has 0 aliphatic heterocycles. The summed E-state index contributed by atoms with van der Waals surface area (Å²) >= 11 is 0. The zero-order valence-corrected chi connectivity index (χ0v) is 9.57. The van der Waals surface area contributed by atoms with Crippen LogP contribution in [0.1, 0.15) is 11.3 Å². The molecule has 1 aromatic heterocycles. The standard InChI is InChI=1S/C13H15N2O/c1-10-3-5-12(6-4-10)13-9-11(2)15(14-13)7-8-16/h3,5-6,9,16H,7-8H2,1-2H3. The number of aliphatic hydroxyl groups excluding tert-OH is 1. The average Bonchev–Trinajstić information content (AvgIpc) is 2.62. The van der Waals surface area contributed by atoms with Crippen LogP contribution >= 0.6 is 0 Å². The van der Waals surface area contributed by atoms with Crippen molar-refractivity contribution in [3.8, 4) is 11.3 Å². The summed E-state index contributed by atoms with van der Waals surface area (Å²) in [6.45, 7) is 4.66. The van der Waals surface area contributed by atoms with Gasteiger partial charge in [0.15, 0.2) is 0 Å². The molecule has 3 heteroatoms. The summed E-state index contributed by atoms with van der Waals surface area (Å²) in [5.74, 6) is 0. The first-order chi connectivity index (χ1) is 7.70. The van der Waals surface area contributed by atoms with Gasteiger partial charge in [-0.15, -0.1) is 0 Å². The second-order valence-corrected chi connectivity index (χ2v) is 3.88. The van der Waals surface area contributed by atoms with Gasteiger partial charge in [-0.2, -0.15) is 5.10 Å². The maximum absolute atomic E-state index is 8.89. The Bertz CT molecular complexity index is 471. The largest absolute Gasteiger partial charge is 0.394 e. The topological polar surface area (TPSA) is 38.0 Å². The maximum atomic E-state index is 8.89. The van der Waals surface area contributed by atoms with Gasteiger partial charge < -0.3 is 5.11 Å². The molecule has 2 rings (SSSR count). The van der Waals surface area contributed by atoms with E-state index in [9.17, 15) is 0 Å². The average molecular weight is 215 g/mol. The van der Waals surface area contributed by atoms with Crippen LogP contribution < -0.4 is 0 Å². The number of hydrogen-bond acceptors (Lipinski definition) is 2. The van der Waals surface area contributed by atoms with E-state index in [1.165, 1.54) is 0 Å². The highest BCUT2D eigenvalue weighted by Gasteiger charge is 2.05. The Hall–Kier alpha value is -1.61. The van der Waals surface area contributed by atoms with Gasteiger partial charge in [0.1, 0.15) is 0 Å². The Morgan fingerprint density at radius 2 is 2.19 bits per heavy atom. The number of benzene rings is 1. The third-order valence-electron chi connectivity index (χ3n) is 2.56. The molecule has 0 bridgehead atoms. The molecular weight excluding hydrogens is 200 g/mol. The zero-order valence-electron chi connectivity index (χ0n) is 9.57. The van der Waals surface area contributed by atoms with E-state index in [-0.39, 0.29) is 6.61 Å². The second kappa shape index (κ2) is 4.49. The van der Waals surface area contributed by atoms with E-state index in [0.29, 0.717) is 6.54 Å². The van der Waals surface area contributed by atoms with E-state index in [1.807, 2.05) is 42.8 Å². The fraction of sp³-hybridized carbons (Fsp3) is 0.308. The van der Waals surface area contributed by atoms with Crippen LogP contribution in [0.2, 0.25) is 0 Å². The predicted octanol–water partition coefficient (Wildman–Crippen LogP) is 1.96. The monoisotopic (exact) mass is 215 g/mol. The molecule has 0 aliphatic rings. The van der Waals surface area contributed by atoms with Crippen molar-refractivity contribution in [3.05, 3.63) is 41.6 Å². The highest BCUT2D eigenvalue weighted by molar-refractivity contribution is 5.59. The molecule has 0 unspecified atom stereocenters. The summed E-state index contributed by atoms with van der Waals surface area (Å²) in [7, 11) is 0. The minimum atomic E-state index is 0.113. The van der Waals surface area contributed by atoms with Gasteiger partial charge in [-0.25, -0.2) is 0 Å². The summed E-state index contributed by atoms with van der Waals surface area (Å²) in [4.78, 5) is 0. The van der Waals surface area contributed by atoms with E-state index in [1.54, 1.807) is 0 Å². The smallest absolute Gasteiger partial charge is 0.0926 e. The first kappa shape index (κ1) is 10.9. The number of hydrogen-bond donors (Lipinski definition) is 1. The normalized spacial score (nSPS) is 10.7. The summed E-state index contributed by atoms with van der Waals surface area (Å²) in [5, 5.41) is 13.3. The van der Waals surface area contributed by atoms with Crippen molar-refractivity contribution >= 4 is 0 Å². The van der Waals surface area contributed by atoms with E-state index in [0.717, 1.165) is 22.5 Å². The Balaban J connectivity index is 2.33. The highest BCUT2D eigenvalue weighted by atomic mass is 16.3. The van der Waals surface area contributed by atoms with Gasteiger partial charge in [0, 0.05) is 11.3 Å². The molecule has 1 radical (unpaired) electrons. The molecule has 3 nitrogen and oxygen atoms in total. The van der Waals surface area contributed by atoms with Gasteiger partial charge in [0.05, 0.1) is 18.8 Å². The van der Waals surface area contributed by atoms with Crippen molar-refractivity contribution < 1.29 is 5.11 Å². The van der Waals surface area contributed by atoms with Gasteiger partial charge >= 0.3 is 0 Å². The molecule has 16 heavy (non-hydrogen) atoms. The highest BCUT2D eigenvalue weighted by Crippen LogP contribution is 2.18. The lowest BCUT2D eigenvalue weighted by molar-refractivity contribution is 0.268. The molecule has 0 atom stereocenters. The lowest BCUT2D eigenvalue weighted by Crippen LogP contribution is -2.05. The third-order valence-corrected chi connectivity index (χ3v) is 2.56. The molecule has 0 aliphatic carbocycles. The van der Waals surface area contributed by atoms with Gasteiger partial charge in [-0.1, -0.05) is 12.1 Å². The SMILES string of the molecule is Cc1[c]cc(-c2cc(C)n(CCO)n2)cc1. The van der Waals surface area contributed by atoms with Gasteiger partial charge in [0.2, 0.25) is 0 Å². The molecule has 2 aromatic rings. The molecule has 1 aromatic carbocycles. The van der Waals surface area contributed by atoms with Crippen LogP contribution in [0.25, 0.3) is 11.3 Å². The van der Waals surface area contributed by atoms with Crippen molar-refractivity contribution in [2.75, 3.05) is 6.61 Å². The molecule has 0 spiro atoms. The number of rotatable bonds is 3. The molecule has 0 saturated heterocycles. The van der Waals surface area contributed by atoms with Crippen LogP contribution in [0, 0.1) is 19.9 Å². The Morgan fingerprint density at radius 3 is 2.81 bits per heavy atom. The molecule has 0 amide bonds. The first-order valence-electron chi connectivity index (χ1n) is 5.35. The molecule has 1 heterocycles. The fourth-order valence-electron chi connectivity index (χ4n) is 1.63. The zero-order chi connectivity index (χ0) is 11.5. The van der Waals surface area contributed by atoms with Gasteiger partial charge in [0.25, 0.3) is 0 Å². The van der Waals surface area contributed by atoms with Crippen LogP contribution in [-0.4, -0.2) is 21.5 Å². The lowest BCUT2D eigenvalue weighted by atomic mass is 10.1. The van der Waals surface area contributed by atoms with Crippen LogP contribution in [0.4, 0.5) is 0 Å². The Labute approximate surface area is 95.3 Å². The minimum Gasteiger partial charge on any atom is -0.394 e. The van der Waals surface area contributed by atoms with E-state index in [4.69, 9.17) is 5.11 Å². The molecule has 1 N–H and O–H groups in total. The second-order valence-electron chi connectivity index (χ2n) is 3.88. The molecule has 0 saturated carbocycles. The maximum Gasteiger partial charge on any atom is 0.0926 e. The van der Waals surface area contributed by atoms with Gasteiger partial charge in [-0.3, -0.25) is 4.68 Å². The van der Waals surface area contributed by atoms with Crippen molar-refractivity contribution in [1.82, 2.24) is 9.78 Å². The van der Waals surface area contributed by atoms with Crippen LogP contribution in [0.3, 0.4) is 0 Å². The summed E-state index contributed by atoms with van der Waals surface area (Å²) in [5.41, 5.74) is 4.17. The molecule has 0 fully saturated rings. The summed E-state index contributed by atoms with van der Waals surface area (Å²) < 4.78 is 1.81. The lowest BCUT2D eigenvalue weighted by Gasteiger charge is -1.99. The Morgan fingerprint density at radius 1 is 1.38 bits per heavy atom. The van der Waals surface area contributed by atoms with E-state index in [2.05, 4.69) is 11.2 Å². The van der Waals surface area contributed by atoms with Crippen molar-refractivity contribution in [3.63, 3.8) is 0 Å². The number of nitrogens with zero attached hydrogens (tertiary/aromatic N) is 2. The molecule has 83 valence electrons. The van der Waals surface area contributed by atoms with Crippen LogP contribution in [0.15, 0.2) is 24.3 Å². The summed E-state index contributed by atoms with van der Waals surface area (Å²) in [6.07, 6.45) is 0. The number of aryl methyl sites for hydroxylation is 2. The quantitative estimate of drug-likeness (QED) is 0.850. The first-order valence-corrected chi connectivity index (χ1v) is 5.35. The predicted molar refractivity (Wildman–Crippen MR) is 63.1 cm³/mol. The minimum absolute atomic E-state index is 0.113. The third kappa shape index (κ3) is 2.14. The van der Waals surface area contributed by atoms with Crippen LogP contribution in [0.5, 0.6) is 0 Å². The number of aromatic nitrogens is 2. The van der Waals surface area contributed by atoms with Crippen molar-refractivity contribution in [1.29, 1.82) is 0 Å². The van der Waals surface area contributed by atoms with Crippen molar-refractivity contribution in [2.24, 2.45) is 0 Å². The van der Waals surface area contributed by atoms with Crippen LogP contribution in [-0.2, 0) is 6.54 Å². The van der Waals surface area contributed by atoms with Crippen molar-refractivity contribution in [2.45, 2.75) is 20.4 Å². The van der Waals surface area contributed by atoms with Gasteiger partial charge in [-0.05, 0) is 37.6 Å². The molecular formula is C13H15N2O. The van der Waals surface area contributed by atoms with E-state index < -0.39 is 0 Å². The summed E-state index contributed by atoms with van der Waals surface area (Å²) in [6, 6.07) is 11.2. The fourth-order valence-corrected chi connectivity index (χ4v) is 1.63. The Kier molecular flexibility index (Phi) is 3.06. The number of aliphatic hydroxyl groups is 1.